The van der Waals surface area contributed by atoms with Gasteiger partial charge in [0.05, 0.1) is 23.8 Å². The fourth-order valence-corrected chi connectivity index (χ4v) is 4.13. The van der Waals surface area contributed by atoms with Crippen LogP contribution in [0.2, 0.25) is 0 Å². The van der Waals surface area contributed by atoms with Crippen molar-refractivity contribution in [2.45, 2.75) is 11.8 Å². The maximum absolute atomic E-state index is 12.7. The largest absolute Gasteiger partial charge is 0.379 e. The first-order chi connectivity index (χ1) is 13.0. The molecule has 2 aromatic rings. The number of amides is 1. The van der Waals surface area contributed by atoms with E-state index in [-0.39, 0.29) is 10.5 Å². The summed E-state index contributed by atoms with van der Waals surface area (Å²) in [5, 5.41) is 4.09. The van der Waals surface area contributed by atoms with E-state index in [1.165, 1.54) is 16.4 Å². The van der Waals surface area contributed by atoms with E-state index in [2.05, 4.69) is 10.5 Å². The maximum atomic E-state index is 12.7. The van der Waals surface area contributed by atoms with Gasteiger partial charge in [-0.15, -0.1) is 0 Å². The third-order valence-corrected chi connectivity index (χ3v) is 6.12. The minimum absolute atomic E-state index is 0.0841. The molecule has 7 nitrogen and oxygen atoms in total. The molecule has 8 heteroatoms. The summed E-state index contributed by atoms with van der Waals surface area (Å²) < 4.78 is 32.0. The predicted octanol–water partition coefficient (Wildman–Crippen LogP) is 1.86. The second kappa shape index (κ2) is 8.43. The van der Waals surface area contributed by atoms with E-state index < -0.39 is 15.9 Å². The fourth-order valence-electron chi connectivity index (χ4n) is 2.68. The van der Waals surface area contributed by atoms with Crippen molar-refractivity contribution in [3.63, 3.8) is 0 Å². The molecule has 1 aliphatic rings. The van der Waals surface area contributed by atoms with Crippen LogP contribution in [0.3, 0.4) is 0 Å². The molecule has 0 spiro atoms. The molecule has 3 rings (SSSR count). The first-order valence-corrected chi connectivity index (χ1v) is 10.0. The van der Waals surface area contributed by atoms with Crippen LogP contribution >= 0.6 is 0 Å². The Kier molecular flexibility index (Phi) is 6.00. The van der Waals surface area contributed by atoms with Crippen molar-refractivity contribution >= 4 is 21.6 Å². The highest BCUT2D eigenvalue weighted by Crippen LogP contribution is 2.18. The van der Waals surface area contributed by atoms with E-state index >= 15 is 0 Å². The van der Waals surface area contributed by atoms with E-state index in [1.54, 1.807) is 19.1 Å². The third kappa shape index (κ3) is 4.60. The number of hydrogen-bond donors (Lipinski definition) is 1. The van der Waals surface area contributed by atoms with Crippen molar-refractivity contribution < 1.29 is 17.9 Å². The van der Waals surface area contributed by atoms with Gasteiger partial charge in [-0.1, -0.05) is 36.4 Å². The van der Waals surface area contributed by atoms with E-state index in [0.29, 0.717) is 32.0 Å². The molecule has 0 saturated carbocycles. The van der Waals surface area contributed by atoms with Crippen LogP contribution in [0.15, 0.2) is 64.6 Å². The minimum Gasteiger partial charge on any atom is -0.379 e. The molecule has 1 saturated heterocycles. The smallest absolute Gasteiger partial charge is 0.271 e. The van der Waals surface area contributed by atoms with Gasteiger partial charge < -0.3 is 4.74 Å². The van der Waals surface area contributed by atoms with Gasteiger partial charge in [0.2, 0.25) is 10.0 Å². The Balaban J connectivity index is 1.76. The Morgan fingerprint density at radius 1 is 1.04 bits per heavy atom. The average molecular weight is 387 g/mol. The van der Waals surface area contributed by atoms with Crippen molar-refractivity contribution in [3.8, 4) is 0 Å². The number of rotatable bonds is 5. The number of carbonyl (C=O) groups is 1. The van der Waals surface area contributed by atoms with Crippen LogP contribution < -0.4 is 5.43 Å². The molecule has 0 atom stereocenters. The first kappa shape index (κ1) is 19.2. The maximum Gasteiger partial charge on any atom is 0.271 e. The molecule has 1 heterocycles. The molecule has 1 amide bonds. The molecule has 2 aromatic carbocycles. The second-order valence-electron chi connectivity index (χ2n) is 6.05. The summed E-state index contributed by atoms with van der Waals surface area (Å²) in [5.74, 6) is -0.468. The molecule has 1 N–H and O–H groups in total. The number of sulfonamides is 1. The summed E-state index contributed by atoms with van der Waals surface area (Å²) in [4.78, 5) is 12.5. The fraction of sp³-hybridized carbons (Fsp3) is 0.263. The molecule has 0 aliphatic carbocycles. The highest BCUT2D eigenvalue weighted by atomic mass is 32.2. The standard InChI is InChI=1S/C19H21N3O4S/c1-15(16-6-3-2-4-7-16)20-21-19(23)17-8-5-9-18(14-17)27(24,25)22-10-12-26-13-11-22/h2-9,14H,10-13H2,1H3,(H,21,23)/b20-15-. The zero-order valence-corrected chi connectivity index (χ0v) is 15.8. The van der Waals surface area contributed by atoms with Crippen molar-refractivity contribution in [3.05, 3.63) is 65.7 Å². The third-order valence-electron chi connectivity index (χ3n) is 4.22. The van der Waals surface area contributed by atoms with E-state index in [4.69, 9.17) is 4.74 Å². The number of hydrazone groups is 1. The Hall–Kier alpha value is -2.55. The van der Waals surface area contributed by atoms with Crippen LogP contribution in [0, 0.1) is 0 Å². The Bertz CT molecular complexity index is 936. The Labute approximate surface area is 158 Å². The van der Waals surface area contributed by atoms with Crippen molar-refractivity contribution in [2.24, 2.45) is 5.10 Å². The molecule has 0 bridgehead atoms. The van der Waals surface area contributed by atoms with Crippen LogP contribution in [0.4, 0.5) is 0 Å². The lowest BCUT2D eigenvalue weighted by molar-refractivity contribution is 0.0730. The SMILES string of the molecule is C/C(=N/NC(=O)c1cccc(S(=O)(=O)N2CCOCC2)c1)c1ccccc1. The van der Waals surface area contributed by atoms with Gasteiger partial charge in [-0.3, -0.25) is 4.79 Å². The first-order valence-electron chi connectivity index (χ1n) is 8.56. The molecule has 1 aliphatic heterocycles. The summed E-state index contributed by atoms with van der Waals surface area (Å²) >= 11 is 0. The van der Waals surface area contributed by atoms with Gasteiger partial charge in [0.25, 0.3) is 5.91 Å². The van der Waals surface area contributed by atoms with Crippen LogP contribution in [-0.2, 0) is 14.8 Å². The molecule has 142 valence electrons. The molecule has 27 heavy (non-hydrogen) atoms. The van der Waals surface area contributed by atoms with E-state index in [1.807, 2.05) is 30.3 Å². The van der Waals surface area contributed by atoms with E-state index in [9.17, 15) is 13.2 Å². The van der Waals surface area contributed by atoms with Crippen LogP contribution in [0.1, 0.15) is 22.8 Å². The van der Waals surface area contributed by atoms with Crippen LogP contribution in [-0.4, -0.2) is 50.6 Å². The van der Waals surface area contributed by atoms with Gasteiger partial charge in [-0.25, -0.2) is 13.8 Å². The molecule has 1 fully saturated rings. The van der Waals surface area contributed by atoms with Gasteiger partial charge in [0.1, 0.15) is 0 Å². The van der Waals surface area contributed by atoms with Gasteiger partial charge in [-0.2, -0.15) is 9.41 Å². The van der Waals surface area contributed by atoms with Crippen molar-refractivity contribution in [1.82, 2.24) is 9.73 Å². The van der Waals surface area contributed by atoms with Gasteiger partial charge in [0.15, 0.2) is 0 Å². The number of benzene rings is 2. The predicted molar refractivity (Wildman–Crippen MR) is 102 cm³/mol. The number of ether oxygens (including phenoxy) is 1. The number of hydrogen-bond acceptors (Lipinski definition) is 5. The monoisotopic (exact) mass is 387 g/mol. The number of nitrogens with zero attached hydrogens (tertiary/aromatic N) is 2. The van der Waals surface area contributed by atoms with Gasteiger partial charge >= 0.3 is 0 Å². The summed E-state index contributed by atoms with van der Waals surface area (Å²) in [6.45, 7) is 3.13. The minimum atomic E-state index is -3.65. The molecular formula is C19H21N3O4S. The molecule has 0 aromatic heterocycles. The van der Waals surface area contributed by atoms with Crippen molar-refractivity contribution in [2.75, 3.05) is 26.3 Å². The molecule has 0 unspecified atom stereocenters. The molecule has 0 radical (unpaired) electrons. The summed E-state index contributed by atoms with van der Waals surface area (Å²) in [7, 11) is -3.65. The molecular weight excluding hydrogens is 366 g/mol. The zero-order valence-electron chi connectivity index (χ0n) is 15.0. The number of carbonyl (C=O) groups excluding carboxylic acids is 1. The second-order valence-corrected chi connectivity index (χ2v) is 7.99. The van der Waals surface area contributed by atoms with E-state index in [0.717, 1.165) is 5.56 Å². The summed E-state index contributed by atoms with van der Waals surface area (Å²) in [6, 6.07) is 15.4. The van der Waals surface area contributed by atoms with Gasteiger partial charge in [0, 0.05) is 18.7 Å². The Morgan fingerprint density at radius 3 is 2.41 bits per heavy atom. The Morgan fingerprint density at radius 2 is 1.70 bits per heavy atom. The summed E-state index contributed by atoms with van der Waals surface area (Å²) in [6.07, 6.45) is 0. The average Bonchev–Trinajstić information content (AvgIpc) is 2.73. The van der Waals surface area contributed by atoms with Gasteiger partial charge in [-0.05, 0) is 30.7 Å². The van der Waals surface area contributed by atoms with Crippen LogP contribution in [0.5, 0.6) is 0 Å². The van der Waals surface area contributed by atoms with Crippen molar-refractivity contribution in [1.29, 1.82) is 0 Å². The lowest BCUT2D eigenvalue weighted by Gasteiger charge is -2.26. The lowest BCUT2D eigenvalue weighted by atomic mass is 10.1. The normalized spacial score (nSPS) is 16.1. The zero-order chi connectivity index (χ0) is 19.3. The highest BCUT2D eigenvalue weighted by Gasteiger charge is 2.26. The topological polar surface area (TPSA) is 88.1 Å². The number of morpholine rings is 1. The quantitative estimate of drug-likeness (QED) is 0.627. The summed E-state index contributed by atoms with van der Waals surface area (Å²) in [5.41, 5.74) is 4.25. The number of nitrogens with one attached hydrogen (secondary N) is 1. The highest BCUT2D eigenvalue weighted by molar-refractivity contribution is 7.89. The van der Waals surface area contributed by atoms with Crippen LogP contribution in [0.25, 0.3) is 0 Å². The lowest BCUT2D eigenvalue weighted by Crippen LogP contribution is -2.40.